The van der Waals surface area contributed by atoms with Gasteiger partial charge in [0.1, 0.15) is 11.8 Å². The highest BCUT2D eigenvalue weighted by Crippen LogP contribution is 2.36. The molecule has 9 heteroatoms. The maximum absolute atomic E-state index is 14.7. The Morgan fingerprint density at radius 1 is 1.12 bits per heavy atom. The smallest absolute Gasteiger partial charge is 0.304 e. The lowest BCUT2D eigenvalue weighted by molar-refractivity contribution is -0.0417. The molecule has 3 N–H and O–H groups in total. The lowest BCUT2D eigenvalue weighted by Crippen LogP contribution is -2.39. The summed E-state index contributed by atoms with van der Waals surface area (Å²) in [6, 6.07) is 8.87. The number of hydrogen-bond acceptors (Lipinski definition) is 5. The van der Waals surface area contributed by atoms with Crippen molar-refractivity contribution in [3.63, 3.8) is 0 Å². The summed E-state index contributed by atoms with van der Waals surface area (Å²) in [4.78, 5) is 8.22. The van der Waals surface area contributed by atoms with Crippen molar-refractivity contribution in [2.75, 3.05) is 12.3 Å². The van der Waals surface area contributed by atoms with Crippen molar-refractivity contribution in [3.8, 4) is 16.9 Å². The number of nitrogens with zero attached hydrogens (tertiary/aromatic N) is 2. The normalized spacial score (nSPS) is 17.3. The van der Waals surface area contributed by atoms with Crippen LogP contribution >= 0.6 is 23.2 Å². The number of pyridine rings is 2. The molecule has 2 atom stereocenters. The molecule has 0 spiro atoms. The number of alkyl halides is 2. The first-order valence-corrected chi connectivity index (χ1v) is 11.0. The standard InChI is InChI=1S/C23H22Cl2F2N4O/c1-13(17-10-16(24)5-6-18(17)25)32-19-9-15(12-31-22(19)28)14-4-7-21(30-11-14)23(26,27)20-3-2-8-29-20/h4-7,9-13,20,29H,2-3,8H2,1H3,(H2,28,31). The molecule has 1 aliphatic heterocycles. The highest BCUT2D eigenvalue weighted by molar-refractivity contribution is 6.33. The monoisotopic (exact) mass is 478 g/mol. The Bertz CT molecular complexity index is 1110. The lowest BCUT2D eigenvalue weighted by Gasteiger charge is -2.23. The molecule has 5 nitrogen and oxygen atoms in total. The number of ether oxygens (including phenoxy) is 1. The highest BCUT2D eigenvalue weighted by atomic mass is 35.5. The van der Waals surface area contributed by atoms with Gasteiger partial charge < -0.3 is 15.8 Å². The van der Waals surface area contributed by atoms with Gasteiger partial charge in [0.2, 0.25) is 0 Å². The summed E-state index contributed by atoms with van der Waals surface area (Å²) in [6.07, 6.45) is 3.67. The second-order valence-electron chi connectivity index (χ2n) is 7.74. The van der Waals surface area contributed by atoms with Crippen molar-refractivity contribution in [1.82, 2.24) is 15.3 Å². The number of anilines is 1. The van der Waals surface area contributed by atoms with E-state index in [1.807, 2.05) is 6.92 Å². The van der Waals surface area contributed by atoms with Gasteiger partial charge in [0.15, 0.2) is 11.6 Å². The molecule has 1 aliphatic rings. The van der Waals surface area contributed by atoms with Crippen molar-refractivity contribution in [2.24, 2.45) is 0 Å². The van der Waals surface area contributed by atoms with Gasteiger partial charge in [-0.3, -0.25) is 4.98 Å². The topological polar surface area (TPSA) is 73.1 Å². The molecule has 0 saturated carbocycles. The molecule has 0 bridgehead atoms. The molecule has 1 fully saturated rings. The Morgan fingerprint density at radius 2 is 1.91 bits per heavy atom. The second-order valence-corrected chi connectivity index (χ2v) is 8.58. The first kappa shape index (κ1) is 22.7. The van der Waals surface area contributed by atoms with E-state index in [1.54, 1.807) is 36.5 Å². The lowest BCUT2D eigenvalue weighted by atomic mass is 10.0. The molecular formula is C23H22Cl2F2N4O. The van der Waals surface area contributed by atoms with Gasteiger partial charge in [0.05, 0.1) is 6.04 Å². The largest absolute Gasteiger partial charge is 0.482 e. The Balaban J connectivity index is 1.56. The van der Waals surface area contributed by atoms with E-state index in [2.05, 4.69) is 15.3 Å². The quantitative estimate of drug-likeness (QED) is 0.453. The molecule has 3 heterocycles. The van der Waals surface area contributed by atoms with E-state index < -0.39 is 18.1 Å². The van der Waals surface area contributed by atoms with Crippen molar-refractivity contribution in [1.29, 1.82) is 0 Å². The van der Waals surface area contributed by atoms with Crippen molar-refractivity contribution in [2.45, 2.75) is 37.8 Å². The van der Waals surface area contributed by atoms with Crippen molar-refractivity contribution < 1.29 is 13.5 Å². The van der Waals surface area contributed by atoms with Crippen LogP contribution in [0.3, 0.4) is 0 Å². The zero-order valence-electron chi connectivity index (χ0n) is 17.3. The fraction of sp³-hybridized carbons (Fsp3) is 0.304. The zero-order chi connectivity index (χ0) is 22.9. The number of halogens is 4. The van der Waals surface area contributed by atoms with Gasteiger partial charge in [0, 0.05) is 39.1 Å². The van der Waals surface area contributed by atoms with Crippen molar-refractivity contribution >= 4 is 29.0 Å². The van der Waals surface area contributed by atoms with Crippen LogP contribution in [0.5, 0.6) is 5.75 Å². The van der Waals surface area contributed by atoms with E-state index in [9.17, 15) is 8.78 Å². The van der Waals surface area contributed by atoms with Gasteiger partial charge in [-0.1, -0.05) is 29.3 Å². The van der Waals surface area contributed by atoms with Crippen LogP contribution in [0.4, 0.5) is 14.6 Å². The number of hydrogen-bond donors (Lipinski definition) is 2. The van der Waals surface area contributed by atoms with Crippen LogP contribution in [-0.4, -0.2) is 22.6 Å². The molecule has 0 radical (unpaired) electrons. The maximum Gasteiger partial charge on any atom is 0.304 e. The molecule has 1 saturated heterocycles. The van der Waals surface area contributed by atoms with E-state index >= 15 is 0 Å². The molecule has 2 aromatic heterocycles. The predicted molar refractivity (Wildman–Crippen MR) is 122 cm³/mol. The average molecular weight is 479 g/mol. The molecule has 32 heavy (non-hydrogen) atoms. The van der Waals surface area contributed by atoms with E-state index in [0.717, 1.165) is 6.42 Å². The average Bonchev–Trinajstić information content (AvgIpc) is 3.33. The second kappa shape index (κ2) is 9.17. The van der Waals surface area contributed by atoms with E-state index in [0.29, 0.717) is 45.5 Å². The van der Waals surface area contributed by atoms with Gasteiger partial charge in [-0.15, -0.1) is 0 Å². The molecule has 0 aliphatic carbocycles. The summed E-state index contributed by atoms with van der Waals surface area (Å²) in [6.45, 7) is 2.41. The third-order valence-corrected chi connectivity index (χ3v) is 6.10. The van der Waals surface area contributed by atoms with Gasteiger partial charge in [-0.25, -0.2) is 4.98 Å². The van der Waals surface area contributed by atoms with Gasteiger partial charge in [0.25, 0.3) is 0 Å². The van der Waals surface area contributed by atoms with E-state index in [-0.39, 0.29) is 11.5 Å². The van der Waals surface area contributed by atoms with Crippen LogP contribution in [-0.2, 0) is 5.92 Å². The molecule has 3 aromatic rings. The highest BCUT2D eigenvalue weighted by Gasteiger charge is 2.43. The van der Waals surface area contributed by atoms with Crippen LogP contribution in [0.25, 0.3) is 11.1 Å². The molecule has 2 unspecified atom stereocenters. The van der Waals surface area contributed by atoms with Crippen molar-refractivity contribution in [3.05, 3.63) is 70.1 Å². The minimum atomic E-state index is -3.03. The molecule has 1 aromatic carbocycles. The summed E-state index contributed by atoms with van der Waals surface area (Å²) < 4.78 is 35.4. The minimum Gasteiger partial charge on any atom is -0.482 e. The van der Waals surface area contributed by atoms with Crippen LogP contribution < -0.4 is 15.8 Å². The Morgan fingerprint density at radius 3 is 2.59 bits per heavy atom. The number of nitrogens with one attached hydrogen (secondary N) is 1. The van der Waals surface area contributed by atoms with Crippen LogP contribution in [0.2, 0.25) is 10.0 Å². The number of aromatic nitrogens is 2. The summed E-state index contributed by atoms with van der Waals surface area (Å²) in [7, 11) is 0. The van der Waals surface area contributed by atoms with Gasteiger partial charge in [-0.05, 0) is 56.6 Å². The summed E-state index contributed by atoms with van der Waals surface area (Å²) in [5, 5.41) is 3.90. The summed E-state index contributed by atoms with van der Waals surface area (Å²) in [5.41, 5.74) is 7.70. The predicted octanol–water partition coefficient (Wildman–Crippen LogP) is 6.02. The maximum atomic E-state index is 14.7. The Labute approximate surface area is 194 Å². The number of nitrogens with two attached hydrogens (primary N) is 1. The third kappa shape index (κ3) is 4.65. The number of rotatable bonds is 6. The fourth-order valence-corrected chi connectivity index (χ4v) is 4.17. The molecule has 4 rings (SSSR count). The van der Waals surface area contributed by atoms with Gasteiger partial charge >= 0.3 is 5.92 Å². The molecular weight excluding hydrogens is 457 g/mol. The Kier molecular flexibility index (Phi) is 6.51. The zero-order valence-corrected chi connectivity index (χ0v) is 18.8. The number of benzene rings is 1. The van der Waals surface area contributed by atoms with Crippen LogP contribution in [0, 0.1) is 0 Å². The summed E-state index contributed by atoms with van der Waals surface area (Å²) >= 11 is 12.3. The van der Waals surface area contributed by atoms with Crippen LogP contribution in [0.15, 0.2) is 48.8 Å². The fourth-order valence-electron chi connectivity index (χ4n) is 3.72. The Hall–Kier alpha value is -2.48. The third-order valence-electron chi connectivity index (χ3n) is 5.52. The summed E-state index contributed by atoms with van der Waals surface area (Å²) in [5.74, 6) is -2.49. The SMILES string of the molecule is CC(Oc1cc(-c2ccc(C(F)(F)C3CCCN3)nc2)cnc1N)c1cc(Cl)ccc1Cl. The molecule has 168 valence electrons. The van der Waals surface area contributed by atoms with Crippen LogP contribution in [0.1, 0.15) is 37.1 Å². The first-order valence-electron chi connectivity index (χ1n) is 10.2. The number of nitrogen functional groups attached to an aromatic ring is 1. The molecule has 0 amide bonds. The van der Waals surface area contributed by atoms with Gasteiger partial charge in [-0.2, -0.15) is 8.78 Å². The first-order chi connectivity index (χ1) is 15.3. The van der Waals surface area contributed by atoms with E-state index in [1.165, 1.54) is 12.3 Å². The van der Waals surface area contributed by atoms with E-state index in [4.69, 9.17) is 33.7 Å². The minimum absolute atomic E-state index is 0.196.